The summed E-state index contributed by atoms with van der Waals surface area (Å²) in [6, 6.07) is 9.59. The molecule has 0 aliphatic carbocycles. The zero-order valence-corrected chi connectivity index (χ0v) is 13.8. The number of benzene rings is 1. The Labute approximate surface area is 139 Å². The molecule has 1 amide bonds. The number of nitrogens with zero attached hydrogens (tertiary/aromatic N) is 3. The molecule has 0 atom stereocenters. The molecule has 1 N–H and O–H groups in total. The van der Waals surface area contributed by atoms with Gasteiger partial charge in [-0.2, -0.15) is 5.10 Å². The third kappa shape index (κ3) is 3.67. The molecular weight excluding hydrogens is 399 g/mol. The van der Waals surface area contributed by atoms with Crippen LogP contribution >= 0.6 is 33.9 Å². The highest BCUT2D eigenvalue weighted by atomic mass is 127. The summed E-state index contributed by atoms with van der Waals surface area (Å²) in [7, 11) is 0. The Morgan fingerprint density at radius 3 is 2.76 bits per heavy atom. The highest BCUT2D eigenvalue weighted by Crippen LogP contribution is 2.18. The summed E-state index contributed by atoms with van der Waals surface area (Å²) in [4.78, 5) is 15.9. The number of hydrogen-bond donors (Lipinski definition) is 1. The van der Waals surface area contributed by atoms with Crippen molar-refractivity contribution < 1.29 is 4.79 Å². The van der Waals surface area contributed by atoms with E-state index in [1.54, 1.807) is 22.3 Å². The van der Waals surface area contributed by atoms with Crippen LogP contribution in [0, 0.1) is 2.88 Å². The number of halogens is 1. The Morgan fingerprint density at radius 2 is 2.14 bits per heavy atom. The third-order valence-corrected chi connectivity index (χ3v) is 4.64. The van der Waals surface area contributed by atoms with Crippen LogP contribution in [0.2, 0.25) is 0 Å². The molecule has 2 aromatic heterocycles. The van der Waals surface area contributed by atoms with Gasteiger partial charge in [0.1, 0.15) is 12.7 Å². The first-order valence-electron chi connectivity index (χ1n) is 6.17. The van der Waals surface area contributed by atoms with Crippen LogP contribution < -0.4 is 5.32 Å². The van der Waals surface area contributed by atoms with E-state index in [1.165, 1.54) is 6.33 Å². The molecule has 0 aliphatic rings. The summed E-state index contributed by atoms with van der Waals surface area (Å²) in [5, 5.41) is 8.81. The molecule has 3 rings (SSSR count). The molecule has 7 heteroatoms. The number of carbonyl (C=O) groups is 1. The van der Waals surface area contributed by atoms with E-state index in [0.717, 1.165) is 14.1 Å². The number of hydrogen-bond acceptors (Lipinski definition) is 4. The monoisotopic (exact) mass is 410 g/mol. The van der Waals surface area contributed by atoms with Crippen molar-refractivity contribution in [2.24, 2.45) is 0 Å². The van der Waals surface area contributed by atoms with Crippen molar-refractivity contribution in [2.45, 2.75) is 6.54 Å². The van der Waals surface area contributed by atoms with Crippen LogP contribution in [0.3, 0.4) is 0 Å². The molecule has 5 nitrogen and oxygen atoms in total. The lowest BCUT2D eigenvalue weighted by Gasteiger charge is -2.06. The normalized spacial score (nSPS) is 10.5. The molecule has 0 saturated heterocycles. The lowest BCUT2D eigenvalue weighted by atomic mass is 10.2. The average Bonchev–Trinajstić information content (AvgIpc) is 3.12. The molecule has 1 aromatic carbocycles. The van der Waals surface area contributed by atoms with Gasteiger partial charge in [0.05, 0.1) is 15.0 Å². The van der Waals surface area contributed by atoms with Gasteiger partial charge in [0, 0.05) is 11.1 Å². The maximum Gasteiger partial charge on any atom is 0.256 e. The summed E-state index contributed by atoms with van der Waals surface area (Å²) in [5.74, 6) is -0.0850. The molecule has 2 heterocycles. The van der Waals surface area contributed by atoms with E-state index in [1.807, 2.05) is 35.7 Å². The molecular formula is C14H11IN4OS. The molecule has 106 valence electrons. The van der Waals surface area contributed by atoms with Gasteiger partial charge in [0.15, 0.2) is 0 Å². The molecule has 0 unspecified atom stereocenters. The van der Waals surface area contributed by atoms with Crippen molar-refractivity contribution >= 4 is 45.5 Å². The van der Waals surface area contributed by atoms with Crippen LogP contribution in [0.1, 0.15) is 15.9 Å². The van der Waals surface area contributed by atoms with Gasteiger partial charge in [0.2, 0.25) is 0 Å². The Morgan fingerprint density at radius 1 is 1.33 bits per heavy atom. The van der Waals surface area contributed by atoms with Gasteiger partial charge in [-0.3, -0.25) is 4.79 Å². The van der Waals surface area contributed by atoms with E-state index in [0.29, 0.717) is 12.1 Å². The smallest absolute Gasteiger partial charge is 0.256 e. The van der Waals surface area contributed by atoms with Crippen LogP contribution in [0.15, 0.2) is 48.4 Å². The van der Waals surface area contributed by atoms with Gasteiger partial charge >= 0.3 is 0 Å². The highest BCUT2D eigenvalue weighted by Gasteiger charge is 2.08. The fourth-order valence-corrected chi connectivity index (χ4v) is 3.15. The lowest BCUT2D eigenvalue weighted by molar-refractivity contribution is 0.102. The summed E-state index contributed by atoms with van der Waals surface area (Å²) >= 11 is 3.76. The summed E-state index contributed by atoms with van der Waals surface area (Å²) in [5.41, 5.74) is 2.57. The van der Waals surface area contributed by atoms with E-state index in [-0.39, 0.29) is 5.91 Å². The van der Waals surface area contributed by atoms with Crippen molar-refractivity contribution in [1.29, 1.82) is 0 Å². The molecule has 0 aliphatic heterocycles. The third-order valence-electron chi connectivity index (χ3n) is 2.85. The molecule has 0 fully saturated rings. The van der Waals surface area contributed by atoms with E-state index in [4.69, 9.17) is 0 Å². The summed E-state index contributed by atoms with van der Waals surface area (Å²) in [6.45, 7) is 0.664. The minimum absolute atomic E-state index is 0.0850. The van der Waals surface area contributed by atoms with Crippen molar-refractivity contribution in [3.8, 4) is 0 Å². The number of nitrogens with one attached hydrogen (secondary N) is 1. The molecule has 0 radical (unpaired) electrons. The van der Waals surface area contributed by atoms with Crippen molar-refractivity contribution in [1.82, 2.24) is 14.8 Å². The molecule has 0 spiro atoms. The van der Waals surface area contributed by atoms with Gasteiger partial charge < -0.3 is 5.32 Å². The fourth-order valence-electron chi connectivity index (χ4n) is 1.83. The maximum atomic E-state index is 12.0. The van der Waals surface area contributed by atoms with Gasteiger partial charge in [0.25, 0.3) is 5.91 Å². The second-order valence-corrected chi connectivity index (χ2v) is 7.19. The van der Waals surface area contributed by atoms with Crippen LogP contribution in [0.25, 0.3) is 0 Å². The Kier molecular flexibility index (Phi) is 4.30. The van der Waals surface area contributed by atoms with Gasteiger partial charge in [-0.05, 0) is 46.4 Å². The summed E-state index contributed by atoms with van der Waals surface area (Å²) in [6.07, 6.45) is 3.19. The van der Waals surface area contributed by atoms with Gasteiger partial charge in [-0.1, -0.05) is 12.1 Å². The SMILES string of the molecule is O=C(Nc1ccc(Cn2cncn2)cc1)c1csc(I)c1. The number of rotatable bonds is 4. The maximum absolute atomic E-state index is 12.0. The van der Waals surface area contributed by atoms with E-state index in [2.05, 4.69) is 38.0 Å². The standard InChI is InChI=1S/C14H11IN4OS/c15-13-5-11(7-21-13)14(20)18-12-3-1-10(2-4-12)6-19-9-16-8-17-19/h1-5,7-9H,6H2,(H,18,20). The van der Waals surface area contributed by atoms with Gasteiger partial charge in [-0.25, -0.2) is 9.67 Å². The second kappa shape index (κ2) is 6.35. The number of carbonyl (C=O) groups excluding carboxylic acids is 1. The van der Waals surface area contributed by atoms with Gasteiger partial charge in [-0.15, -0.1) is 11.3 Å². The predicted molar refractivity (Wildman–Crippen MR) is 90.6 cm³/mol. The minimum Gasteiger partial charge on any atom is -0.322 e. The van der Waals surface area contributed by atoms with Crippen LogP contribution in [-0.4, -0.2) is 20.7 Å². The lowest BCUT2D eigenvalue weighted by Crippen LogP contribution is -2.10. The van der Waals surface area contributed by atoms with Crippen LogP contribution in [0.4, 0.5) is 5.69 Å². The highest BCUT2D eigenvalue weighted by molar-refractivity contribution is 14.1. The molecule has 21 heavy (non-hydrogen) atoms. The quantitative estimate of drug-likeness (QED) is 0.672. The van der Waals surface area contributed by atoms with Crippen molar-refractivity contribution in [2.75, 3.05) is 5.32 Å². The zero-order valence-electron chi connectivity index (χ0n) is 10.9. The Hall–Kier alpha value is -1.74. The van der Waals surface area contributed by atoms with E-state index in [9.17, 15) is 4.79 Å². The van der Waals surface area contributed by atoms with Crippen molar-refractivity contribution in [3.05, 3.63) is 62.4 Å². The average molecular weight is 410 g/mol. The predicted octanol–water partition coefficient (Wildman–Crippen LogP) is 3.24. The fraction of sp³-hybridized carbons (Fsp3) is 0.0714. The topological polar surface area (TPSA) is 59.8 Å². The first-order chi connectivity index (χ1) is 10.2. The Balaban J connectivity index is 1.65. The first kappa shape index (κ1) is 14.2. The Bertz CT molecular complexity index is 737. The molecule has 0 bridgehead atoms. The molecule has 0 saturated carbocycles. The number of anilines is 1. The molecule has 3 aromatic rings. The zero-order chi connectivity index (χ0) is 14.7. The van der Waals surface area contributed by atoms with E-state index < -0.39 is 0 Å². The van der Waals surface area contributed by atoms with E-state index >= 15 is 0 Å². The van der Waals surface area contributed by atoms with Crippen LogP contribution in [0.5, 0.6) is 0 Å². The first-order valence-corrected chi connectivity index (χ1v) is 8.13. The van der Waals surface area contributed by atoms with Crippen LogP contribution in [-0.2, 0) is 6.54 Å². The summed E-state index contributed by atoms with van der Waals surface area (Å²) < 4.78 is 2.85. The number of amides is 1. The number of aromatic nitrogens is 3. The largest absolute Gasteiger partial charge is 0.322 e. The number of thiophene rings is 1. The van der Waals surface area contributed by atoms with Crippen molar-refractivity contribution in [3.63, 3.8) is 0 Å². The minimum atomic E-state index is -0.0850. The second-order valence-electron chi connectivity index (χ2n) is 4.38.